The Kier molecular flexibility index (Phi) is 5.15. The van der Waals surface area contributed by atoms with Gasteiger partial charge in [0.05, 0.1) is 7.11 Å². The topological polar surface area (TPSA) is 68.5 Å². The summed E-state index contributed by atoms with van der Waals surface area (Å²) in [5.74, 6) is 0.495. The molecule has 1 saturated heterocycles. The number of halogens is 1. The van der Waals surface area contributed by atoms with Gasteiger partial charge in [-0.2, -0.15) is 0 Å². The van der Waals surface area contributed by atoms with E-state index in [1.807, 2.05) is 12.1 Å². The van der Waals surface area contributed by atoms with Crippen LogP contribution in [0.3, 0.4) is 0 Å². The minimum atomic E-state index is -0.314. The molecule has 158 valence electrons. The van der Waals surface area contributed by atoms with Crippen LogP contribution < -0.4 is 4.74 Å². The number of para-hydroxylation sites is 1. The van der Waals surface area contributed by atoms with E-state index in [9.17, 15) is 9.18 Å². The van der Waals surface area contributed by atoms with Crippen LogP contribution in [-0.4, -0.2) is 41.2 Å². The summed E-state index contributed by atoms with van der Waals surface area (Å²) in [6.07, 6.45) is 1.76. The van der Waals surface area contributed by atoms with E-state index in [2.05, 4.69) is 10.2 Å². The van der Waals surface area contributed by atoms with Crippen LogP contribution in [0.1, 0.15) is 34.3 Å². The van der Waals surface area contributed by atoms with Crippen molar-refractivity contribution < 1.29 is 18.3 Å². The molecule has 1 amide bonds. The minimum absolute atomic E-state index is 0.0645. The number of amides is 1. The first-order valence-electron chi connectivity index (χ1n) is 10.1. The zero-order valence-corrected chi connectivity index (χ0v) is 17.7. The summed E-state index contributed by atoms with van der Waals surface area (Å²) in [5, 5.41) is 10.7. The van der Waals surface area contributed by atoms with Gasteiger partial charge in [-0.25, -0.2) is 4.39 Å². The number of carbonyl (C=O) groups excluding carboxylic acids is 1. The fourth-order valence-corrected chi connectivity index (χ4v) is 4.96. The van der Waals surface area contributed by atoms with Gasteiger partial charge < -0.3 is 14.1 Å². The van der Waals surface area contributed by atoms with Crippen LogP contribution in [0.5, 0.6) is 5.75 Å². The highest BCUT2D eigenvalue weighted by atomic mass is 32.1. The number of nitrogens with zero attached hydrogens (tertiary/aromatic N) is 3. The lowest BCUT2D eigenvalue weighted by Crippen LogP contribution is -2.38. The molecule has 2 aromatic heterocycles. The van der Waals surface area contributed by atoms with Crippen LogP contribution in [0.25, 0.3) is 21.5 Å². The third kappa shape index (κ3) is 3.67. The Morgan fingerprint density at radius 2 is 2.10 bits per heavy atom. The van der Waals surface area contributed by atoms with Gasteiger partial charge in [0.15, 0.2) is 22.1 Å². The highest BCUT2D eigenvalue weighted by molar-refractivity contribution is 7.14. The molecular weight excluding hydrogens is 417 g/mol. The van der Waals surface area contributed by atoms with Crippen molar-refractivity contribution in [1.29, 1.82) is 0 Å². The van der Waals surface area contributed by atoms with Crippen molar-refractivity contribution in [3.63, 3.8) is 0 Å². The lowest BCUT2D eigenvalue weighted by atomic mass is 9.98. The largest absolute Gasteiger partial charge is 0.493 e. The second-order valence-corrected chi connectivity index (χ2v) is 8.51. The van der Waals surface area contributed by atoms with Gasteiger partial charge in [0.2, 0.25) is 0 Å². The molecule has 5 rings (SSSR count). The predicted octanol–water partition coefficient (Wildman–Crippen LogP) is 5.12. The Labute approximate surface area is 182 Å². The van der Waals surface area contributed by atoms with Crippen molar-refractivity contribution in [2.75, 3.05) is 20.2 Å². The highest BCUT2D eigenvalue weighted by Crippen LogP contribution is 2.35. The van der Waals surface area contributed by atoms with E-state index in [1.165, 1.54) is 17.4 Å². The number of likely N-dealkylation sites (tertiary alicyclic amines) is 1. The van der Waals surface area contributed by atoms with Crippen molar-refractivity contribution in [3.8, 4) is 16.3 Å². The molecule has 6 nitrogen and oxygen atoms in total. The van der Waals surface area contributed by atoms with Gasteiger partial charge in [-0.05, 0) is 37.1 Å². The number of furan rings is 1. The first kappa shape index (κ1) is 19.7. The third-order valence-corrected chi connectivity index (χ3v) is 6.66. The van der Waals surface area contributed by atoms with Crippen LogP contribution in [-0.2, 0) is 0 Å². The molecule has 1 aliphatic heterocycles. The smallest absolute Gasteiger partial charge is 0.289 e. The van der Waals surface area contributed by atoms with Gasteiger partial charge in [-0.15, -0.1) is 10.2 Å². The summed E-state index contributed by atoms with van der Waals surface area (Å²) in [6, 6.07) is 13.9. The van der Waals surface area contributed by atoms with Crippen LogP contribution in [0.2, 0.25) is 0 Å². The van der Waals surface area contributed by atoms with Crippen molar-refractivity contribution in [1.82, 2.24) is 15.1 Å². The van der Waals surface area contributed by atoms with Crippen LogP contribution >= 0.6 is 11.3 Å². The van der Waals surface area contributed by atoms with E-state index in [0.717, 1.165) is 23.2 Å². The summed E-state index contributed by atoms with van der Waals surface area (Å²) in [4.78, 5) is 14.9. The van der Waals surface area contributed by atoms with Crippen LogP contribution in [0.4, 0.5) is 4.39 Å². The fraction of sp³-hybridized carbons (Fsp3) is 0.261. The molecule has 1 aliphatic rings. The lowest BCUT2D eigenvalue weighted by molar-refractivity contribution is 0.0677. The number of methoxy groups -OCH3 is 1. The molecule has 3 heterocycles. The maximum absolute atomic E-state index is 14.1. The van der Waals surface area contributed by atoms with E-state index >= 15 is 0 Å². The Morgan fingerprint density at radius 3 is 2.94 bits per heavy atom. The van der Waals surface area contributed by atoms with Crippen LogP contribution in [0.15, 0.2) is 52.9 Å². The zero-order valence-electron chi connectivity index (χ0n) is 16.9. The molecule has 0 bridgehead atoms. The van der Waals surface area contributed by atoms with Gasteiger partial charge in [-0.3, -0.25) is 4.79 Å². The summed E-state index contributed by atoms with van der Waals surface area (Å²) in [5.41, 5.74) is 1.02. The van der Waals surface area contributed by atoms with Gasteiger partial charge in [-0.1, -0.05) is 35.6 Å². The first-order chi connectivity index (χ1) is 15.1. The van der Waals surface area contributed by atoms with E-state index < -0.39 is 0 Å². The molecule has 0 saturated carbocycles. The van der Waals surface area contributed by atoms with Gasteiger partial charge >= 0.3 is 0 Å². The molecule has 1 atom stereocenters. The van der Waals surface area contributed by atoms with Crippen molar-refractivity contribution in [2.24, 2.45) is 0 Å². The monoisotopic (exact) mass is 437 g/mol. The molecule has 0 aliphatic carbocycles. The average molecular weight is 437 g/mol. The number of fused-ring (bicyclic) bond motifs is 1. The van der Waals surface area contributed by atoms with Crippen LogP contribution in [0, 0.1) is 5.82 Å². The quantitative estimate of drug-likeness (QED) is 0.443. The van der Waals surface area contributed by atoms with Gasteiger partial charge in [0.25, 0.3) is 5.91 Å². The Balaban J connectivity index is 1.36. The normalized spacial score (nSPS) is 16.6. The van der Waals surface area contributed by atoms with Crippen molar-refractivity contribution in [2.45, 2.75) is 18.8 Å². The first-order valence-corrected chi connectivity index (χ1v) is 10.9. The van der Waals surface area contributed by atoms with E-state index in [-0.39, 0.29) is 17.6 Å². The van der Waals surface area contributed by atoms with E-state index in [0.29, 0.717) is 40.8 Å². The van der Waals surface area contributed by atoms with E-state index in [1.54, 1.807) is 42.3 Å². The average Bonchev–Trinajstić information content (AvgIpc) is 3.46. The predicted molar refractivity (Wildman–Crippen MR) is 116 cm³/mol. The lowest BCUT2D eigenvalue weighted by Gasteiger charge is -2.30. The molecule has 0 N–H and O–H groups in total. The van der Waals surface area contributed by atoms with E-state index in [4.69, 9.17) is 9.15 Å². The van der Waals surface area contributed by atoms with Gasteiger partial charge in [0, 0.05) is 30.0 Å². The molecule has 1 unspecified atom stereocenters. The summed E-state index contributed by atoms with van der Waals surface area (Å²) >= 11 is 1.38. The molecule has 1 fully saturated rings. The molecule has 0 spiro atoms. The molecule has 4 aromatic rings. The molecule has 31 heavy (non-hydrogen) atoms. The highest BCUT2D eigenvalue weighted by Gasteiger charge is 2.30. The number of piperidine rings is 1. The Bertz CT molecular complexity index is 1250. The molecular formula is C23H20FN3O3S. The number of ether oxygens (including phenoxy) is 1. The number of hydrogen-bond acceptors (Lipinski definition) is 6. The molecule has 2 aromatic carbocycles. The fourth-order valence-electron chi connectivity index (χ4n) is 3.96. The minimum Gasteiger partial charge on any atom is -0.493 e. The SMILES string of the molecule is COc1cccc2cc(C(=O)N3CCCC(c4nnc(-c5ccccc5F)s4)C3)oc12. The molecule has 8 heteroatoms. The maximum Gasteiger partial charge on any atom is 0.289 e. The second kappa shape index (κ2) is 8.11. The van der Waals surface area contributed by atoms with Crippen molar-refractivity contribution >= 4 is 28.2 Å². The number of rotatable bonds is 4. The Hall–Kier alpha value is -3.26. The Morgan fingerprint density at radius 1 is 1.23 bits per heavy atom. The zero-order chi connectivity index (χ0) is 21.4. The number of carbonyl (C=O) groups is 1. The maximum atomic E-state index is 14.1. The number of hydrogen-bond donors (Lipinski definition) is 0. The number of benzene rings is 2. The summed E-state index contributed by atoms with van der Waals surface area (Å²) < 4.78 is 25.3. The standard InChI is InChI=1S/C23H20FN3O3S/c1-29-18-10-4-6-14-12-19(30-20(14)18)23(28)27-11-5-7-15(13-27)21-25-26-22(31-21)16-8-2-3-9-17(16)24/h2-4,6,8-10,12,15H,5,7,11,13H2,1H3. The second-order valence-electron chi connectivity index (χ2n) is 7.50. The van der Waals surface area contributed by atoms with Gasteiger partial charge in [0.1, 0.15) is 10.8 Å². The number of aromatic nitrogens is 2. The summed E-state index contributed by atoms with van der Waals surface area (Å²) in [6.45, 7) is 1.18. The summed E-state index contributed by atoms with van der Waals surface area (Å²) in [7, 11) is 1.58. The molecule has 0 radical (unpaired) electrons. The third-order valence-electron chi connectivity index (χ3n) is 5.54. The van der Waals surface area contributed by atoms with Crippen molar-refractivity contribution in [3.05, 3.63) is 65.1 Å².